The first kappa shape index (κ1) is 13.9. The number of nitriles is 1. The molecule has 0 aliphatic carbocycles. The Labute approximate surface area is 120 Å². The minimum atomic E-state index is 0.687. The number of hydrogen-bond acceptors (Lipinski definition) is 1. The maximum Gasteiger partial charge on any atom is 0.0991 e. The van der Waals surface area contributed by atoms with Crippen molar-refractivity contribution >= 4 is 0 Å². The van der Waals surface area contributed by atoms with Crippen LogP contribution in [-0.2, 0) is 0 Å². The predicted octanol–water partition coefficient (Wildman–Crippen LogP) is 4.77. The number of unbranched alkanes of at least 4 members (excludes halogenated alkanes) is 2. The third-order valence-corrected chi connectivity index (χ3v) is 3.12. The fraction of sp³-hybridized carbons (Fsp3) is 0.211. The van der Waals surface area contributed by atoms with Gasteiger partial charge in [-0.1, -0.05) is 49.5 Å². The molecule has 1 heteroatoms. The molecule has 0 saturated heterocycles. The van der Waals surface area contributed by atoms with Gasteiger partial charge < -0.3 is 0 Å². The van der Waals surface area contributed by atoms with Gasteiger partial charge in [0.1, 0.15) is 0 Å². The van der Waals surface area contributed by atoms with Crippen molar-refractivity contribution in [3.05, 3.63) is 59.7 Å². The second-order valence-corrected chi connectivity index (χ2v) is 4.67. The lowest BCUT2D eigenvalue weighted by atomic mass is 10.0. The van der Waals surface area contributed by atoms with Crippen LogP contribution in [0, 0.1) is 23.2 Å². The van der Waals surface area contributed by atoms with Crippen molar-refractivity contribution in [2.24, 2.45) is 0 Å². The smallest absolute Gasteiger partial charge is 0.0991 e. The molecule has 20 heavy (non-hydrogen) atoms. The van der Waals surface area contributed by atoms with Crippen LogP contribution < -0.4 is 0 Å². The van der Waals surface area contributed by atoms with Gasteiger partial charge in [-0.15, -0.1) is 0 Å². The van der Waals surface area contributed by atoms with Gasteiger partial charge in [-0.05, 0) is 41.8 Å². The monoisotopic (exact) mass is 259 g/mol. The van der Waals surface area contributed by atoms with Crippen LogP contribution in [-0.4, -0.2) is 0 Å². The number of rotatable bonds is 3. The molecule has 0 saturated carbocycles. The summed E-state index contributed by atoms with van der Waals surface area (Å²) in [6.07, 6.45) is 3.32. The molecule has 0 fully saturated rings. The molecule has 1 nitrogen and oxygen atoms in total. The SMILES string of the molecule is CCCCC#Cc1ccc(-c2ccc(C#N)cc2)cc1. The van der Waals surface area contributed by atoms with Crippen LogP contribution in [0.25, 0.3) is 11.1 Å². The van der Waals surface area contributed by atoms with E-state index >= 15 is 0 Å². The number of benzene rings is 2. The fourth-order valence-electron chi connectivity index (χ4n) is 1.91. The Morgan fingerprint density at radius 2 is 1.40 bits per heavy atom. The van der Waals surface area contributed by atoms with Gasteiger partial charge in [0.15, 0.2) is 0 Å². The zero-order valence-corrected chi connectivity index (χ0v) is 11.7. The van der Waals surface area contributed by atoms with Gasteiger partial charge in [-0.2, -0.15) is 5.26 Å². The summed E-state index contributed by atoms with van der Waals surface area (Å²) in [5.74, 6) is 6.37. The molecule has 0 bridgehead atoms. The number of nitrogens with zero attached hydrogens (tertiary/aromatic N) is 1. The van der Waals surface area contributed by atoms with E-state index in [-0.39, 0.29) is 0 Å². The van der Waals surface area contributed by atoms with Crippen LogP contribution in [0.2, 0.25) is 0 Å². The summed E-state index contributed by atoms with van der Waals surface area (Å²) in [5, 5.41) is 8.79. The molecule has 0 spiro atoms. The van der Waals surface area contributed by atoms with E-state index in [0.29, 0.717) is 5.56 Å². The summed E-state index contributed by atoms with van der Waals surface area (Å²) in [6, 6.07) is 18.0. The van der Waals surface area contributed by atoms with Crippen molar-refractivity contribution in [2.75, 3.05) is 0 Å². The Bertz CT molecular complexity index is 646. The third kappa shape index (κ3) is 3.74. The maximum absolute atomic E-state index is 8.79. The maximum atomic E-state index is 8.79. The summed E-state index contributed by atoms with van der Waals surface area (Å²) < 4.78 is 0. The van der Waals surface area contributed by atoms with Crippen molar-refractivity contribution in [3.8, 4) is 29.0 Å². The summed E-state index contributed by atoms with van der Waals surface area (Å²) >= 11 is 0. The Hall–Kier alpha value is -2.51. The molecule has 0 radical (unpaired) electrons. The van der Waals surface area contributed by atoms with Gasteiger partial charge in [0, 0.05) is 12.0 Å². The second kappa shape index (κ2) is 7.17. The van der Waals surface area contributed by atoms with Crippen molar-refractivity contribution in [3.63, 3.8) is 0 Å². The van der Waals surface area contributed by atoms with E-state index in [2.05, 4.69) is 37.0 Å². The molecule has 2 aromatic carbocycles. The quantitative estimate of drug-likeness (QED) is 0.575. The Kier molecular flexibility index (Phi) is 4.99. The minimum Gasteiger partial charge on any atom is -0.192 e. The zero-order valence-electron chi connectivity index (χ0n) is 11.7. The molecule has 0 aliphatic heterocycles. The van der Waals surface area contributed by atoms with Gasteiger partial charge in [0.2, 0.25) is 0 Å². The molecule has 0 atom stereocenters. The first-order valence-electron chi connectivity index (χ1n) is 6.93. The molecule has 2 aromatic rings. The standard InChI is InChI=1S/C19H17N/c1-2-3-4-5-6-16-7-11-18(12-8-16)19-13-9-17(15-20)10-14-19/h7-14H,2-4H2,1H3. The molecule has 98 valence electrons. The largest absolute Gasteiger partial charge is 0.192 e. The van der Waals surface area contributed by atoms with E-state index in [9.17, 15) is 0 Å². The van der Waals surface area contributed by atoms with Crippen molar-refractivity contribution in [2.45, 2.75) is 26.2 Å². The van der Waals surface area contributed by atoms with E-state index < -0.39 is 0 Å². The topological polar surface area (TPSA) is 23.8 Å². The minimum absolute atomic E-state index is 0.687. The Morgan fingerprint density at radius 1 is 0.850 bits per heavy atom. The normalized spacial score (nSPS) is 9.40. The van der Waals surface area contributed by atoms with E-state index in [0.717, 1.165) is 29.5 Å². The van der Waals surface area contributed by atoms with Crippen LogP contribution in [0.1, 0.15) is 37.3 Å². The highest BCUT2D eigenvalue weighted by atomic mass is 14.2. The lowest BCUT2D eigenvalue weighted by Crippen LogP contribution is -1.80. The Morgan fingerprint density at radius 3 is 1.90 bits per heavy atom. The van der Waals surface area contributed by atoms with Crippen LogP contribution in [0.5, 0.6) is 0 Å². The number of hydrogen-bond donors (Lipinski definition) is 0. The Balaban J connectivity index is 2.10. The lowest BCUT2D eigenvalue weighted by molar-refractivity contribution is 0.828. The average Bonchev–Trinajstić information content (AvgIpc) is 2.52. The highest BCUT2D eigenvalue weighted by molar-refractivity contribution is 5.65. The van der Waals surface area contributed by atoms with Crippen LogP contribution in [0.3, 0.4) is 0 Å². The van der Waals surface area contributed by atoms with Gasteiger partial charge in [-0.3, -0.25) is 0 Å². The summed E-state index contributed by atoms with van der Waals surface area (Å²) in [6.45, 7) is 2.17. The van der Waals surface area contributed by atoms with Crippen LogP contribution >= 0.6 is 0 Å². The van der Waals surface area contributed by atoms with Gasteiger partial charge in [0.25, 0.3) is 0 Å². The van der Waals surface area contributed by atoms with Crippen LogP contribution in [0.4, 0.5) is 0 Å². The molecule has 2 rings (SSSR count). The molecule has 0 aromatic heterocycles. The van der Waals surface area contributed by atoms with E-state index in [1.807, 2.05) is 36.4 Å². The van der Waals surface area contributed by atoms with Gasteiger partial charge in [0.05, 0.1) is 11.6 Å². The van der Waals surface area contributed by atoms with E-state index in [1.165, 1.54) is 6.42 Å². The second-order valence-electron chi connectivity index (χ2n) is 4.67. The van der Waals surface area contributed by atoms with Crippen molar-refractivity contribution < 1.29 is 0 Å². The summed E-state index contributed by atoms with van der Waals surface area (Å²) in [7, 11) is 0. The molecule has 0 N–H and O–H groups in total. The highest BCUT2D eigenvalue weighted by Crippen LogP contribution is 2.20. The van der Waals surface area contributed by atoms with E-state index in [1.54, 1.807) is 0 Å². The summed E-state index contributed by atoms with van der Waals surface area (Å²) in [5.41, 5.74) is 4.01. The fourth-order valence-corrected chi connectivity index (χ4v) is 1.91. The summed E-state index contributed by atoms with van der Waals surface area (Å²) in [4.78, 5) is 0. The predicted molar refractivity (Wildman–Crippen MR) is 83.0 cm³/mol. The van der Waals surface area contributed by atoms with Crippen LogP contribution in [0.15, 0.2) is 48.5 Å². The highest BCUT2D eigenvalue weighted by Gasteiger charge is 1.97. The van der Waals surface area contributed by atoms with E-state index in [4.69, 9.17) is 5.26 Å². The molecule has 0 unspecified atom stereocenters. The van der Waals surface area contributed by atoms with Gasteiger partial charge in [-0.25, -0.2) is 0 Å². The molecule has 0 aliphatic rings. The first-order valence-corrected chi connectivity index (χ1v) is 6.93. The lowest BCUT2D eigenvalue weighted by Gasteiger charge is -2.01. The molecular weight excluding hydrogens is 242 g/mol. The first-order chi connectivity index (χ1) is 9.83. The zero-order chi connectivity index (χ0) is 14.2. The van der Waals surface area contributed by atoms with Crippen molar-refractivity contribution in [1.82, 2.24) is 0 Å². The molecular formula is C19H17N. The molecule has 0 amide bonds. The average molecular weight is 259 g/mol. The molecule has 0 heterocycles. The van der Waals surface area contributed by atoms with Gasteiger partial charge >= 0.3 is 0 Å². The third-order valence-electron chi connectivity index (χ3n) is 3.12. The van der Waals surface area contributed by atoms with Crippen molar-refractivity contribution in [1.29, 1.82) is 5.26 Å².